The summed E-state index contributed by atoms with van der Waals surface area (Å²) in [5.74, 6) is 0.281. The third kappa shape index (κ3) is 3.62. The van der Waals surface area contributed by atoms with Gasteiger partial charge in [-0.3, -0.25) is 4.79 Å². The highest BCUT2D eigenvalue weighted by atomic mass is 16.5. The van der Waals surface area contributed by atoms with Crippen LogP contribution in [-0.2, 0) is 6.42 Å². The Labute approximate surface area is 94.8 Å². The molecule has 0 saturated heterocycles. The van der Waals surface area contributed by atoms with Crippen LogP contribution >= 0.6 is 0 Å². The lowest BCUT2D eigenvalue weighted by molar-refractivity contribution is 0.0942. The number of hydrogen-bond donors (Lipinski definition) is 2. The van der Waals surface area contributed by atoms with Gasteiger partial charge in [0.25, 0.3) is 11.7 Å². The summed E-state index contributed by atoms with van der Waals surface area (Å²) in [4.78, 5) is 15.4. The number of aromatic nitrogens is 2. The van der Waals surface area contributed by atoms with E-state index in [1.54, 1.807) is 0 Å². The summed E-state index contributed by atoms with van der Waals surface area (Å²) in [6, 6.07) is 0.257. The second-order valence-corrected chi connectivity index (χ2v) is 3.53. The van der Waals surface area contributed by atoms with Crippen LogP contribution < -0.4 is 10.6 Å². The van der Waals surface area contributed by atoms with Gasteiger partial charge in [0.2, 0.25) is 5.89 Å². The topological polar surface area (TPSA) is 80.0 Å². The van der Waals surface area contributed by atoms with Gasteiger partial charge in [0.1, 0.15) is 0 Å². The van der Waals surface area contributed by atoms with E-state index < -0.39 is 0 Å². The maximum atomic E-state index is 11.4. The van der Waals surface area contributed by atoms with Crippen molar-refractivity contribution in [3.63, 3.8) is 0 Å². The minimum atomic E-state index is -0.298. The molecule has 6 nitrogen and oxygen atoms in total. The van der Waals surface area contributed by atoms with Crippen LogP contribution in [0, 0.1) is 0 Å². The zero-order valence-corrected chi connectivity index (χ0v) is 9.91. The van der Waals surface area contributed by atoms with Gasteiger partial charge in [-0.2, -0.15) is 4.98 Å². The molecule has 1 unspecified atom stereocenters. The van der Waals surface area contributed by atoms with E-state index in [2.05, 4.69) is 20.8 Å². The van der Waals surface area contributed by atoms with Crippen molar-refractivity contribution >= 4 is 5.91 Å². The summed E-state index contributed by atoms with van der Waals surface area (Å²) < 4.78 is 4.99. The lowest BCUT2D eigenvalue weighted by Crippen LogP contribution is -2.28. The Morgan fingerprint density at radius 2 is 2.19 bits per heavy atom. The molecular weight excluding hydrogens is 208 g/mol. The van der Waals surface area contributed by atoms with E-state index in [1.165, 1.54) is 0 Å². The van der Waals surface area contributed by atoms with Crippen molar-refractivity contribution in [3.05, 3.63) is 11.7 Å². The minimum absolute atomic E-state index is 0.0977. The second-order valence-electron chi connectivity index (χ2n) is 3.53. The molecule has 1 rings (SSSR count). The Morgan fingerprint density at radius 1 is 1.44 bits per heavy atom. The number of carbonyl (C=O) groups is 1. The summed E-state index contributed by atoms with van der Waals surface area (Å²) in [6.45, 7) is 7.34. The first-order valence-electron chi connectivity index (χ1n) is 5.51. The first kappa shape index (κ1) is 12.6. The number of hydrogen-bond acceptors (Lipinski definition) is 5. The molecule has 0 spiro atoms. The summed E-state index contributed by atoms with van der Waals surface area (Å²) in [6.07, 6.45) is 0.625. The van der Waals surface area contributed by atoms with Crippen LogP contribution in [0.3, 0.4) is 0 Å². The van der Waals surface area contributed by atoms with Gasteiger partial charge in [0.05, 0.1) is 0 Å². The van der Waals surface area contributed by atoms with Crippen molar-refractivity contribution < 1.29 is 9.32 Å². The molecule has 1 aromatic heterocycles. The Hall–Kier alpha value is -1.43. The van der Waals surface area contributed by atoms with E-state index in [-0.39, 0.29) is 17.8 Å². The van der Waals surface area contributed by atoms with Crippen LogP contribution in [0.1, 0.15) is 37.3 Å². The van der Waals surface area contributed by atoms with Crippen LogP contribution in [0.5, 0.6) is 0 Å². The minimum Gasteiger partial charge on any atom is -0.349 e. The predicted molar refractivity (Wildman–Crippen MR) is 59.1 cm³/mol. The van der Waals surface area contributed by atoms with Crippen molar-refractivity contribution in [1.82, 2.24) is 20.8 Å². The van der Waals surface area contributed by atoms with E-state index in [9.17, 15) is 4.79 Å². The average Bonchev–Trinajstić information content (AvgIpc) is 2.67. The lowest BCUT2D eigenvalue weighted by atomic mass is 10.2. The maximum Gasteiger partial charge on any atom is 0.292 e. The normalized spacial score (nSPS) is 12.4. The quantitative estimate of drug-likeness (QED) is 0.732. The third-order valence-corrected chi connectivity index (χ3v) is 2.04. The summed E-state index contributed by atoms with van der Waals surface area (Å²) >= 11 is 0. The van der Waals surface area contributed by atoms with Gasteiger partial charge in [0.15, 0.2) is 0 Å². The molecule has 0 bridgehead atoms. The molecule has 90 valence electrons. The third-order valence-electron chi connectivity index (χ3n) is 2.04. The molecule has 6 heteroatoms. The standard InChI is InChI=1S/C10H18N4O2/c1-4-11-7(3)6-8-13-9(14-16-8)10(15)12-5-2/h7,11H,4-6H2,1-3H3,(H,12,15). The fourth-order valence-electron chi connectivity index (χ4n) is 1.35. The molecule has 1 amide bonds. The largest absolute Gasteiger partial charge is 0.349 e. The van der Waals surface area contributed by atoms with E-state index in [4.69, 9.17) is 4.52 Å². The molecule has 0 aliphatic heterocycles. The van der Waals surface area contributed by atoms with Crippen LogP contribution in [-0.4, -0.2) is 35.2 Å². The number of carbonyl (C=O) groups excluding carboxylic acids is 1. The SMILES string of the molecule is CCNC(=O)c1noc(CC(C)NCC)n1. The van der Waals surface area contributed by atoms with Crippen molar-refractivity contribution in [2.45, 2.75) is 33.2 Å². The number of nitrogens with one attached hydrogen (secondary N) is 2. The Kier molecular flexibility index (Phi) is 4.91. The van der Waals surface area contributed by atoms with Crippen molar-refractivity contribution in [2.75, 3.05) is 13.1 Å². The van der Waals surface area contributed by atoms with Crippen molar-refractivity contribution in [2.24, 2.45) is 0 Å². The van der Waals surface area contributed by atoms with Gasteiger partial charge in [-0.25, -0.2) is 0 Å². The predicted octanol–water partition coefficient (Wildman–Crippen LogP) is 0.360. The van der Waals surface area contributed by atoms with Gasteiger partial charge in [-0.05, 0) is 20.4 Å². The van der Waals surface area contributed by atoms with Gasteiger partial charge in [-0.1, -0.05) is 12.1 Å². The molecule has 0 saturated carbocycles. The van der Waals surface area contributed by atoms with E-state index in [0.29, 0.717) is 18.9 Å². The highest BCUT2D eigenvalue weighted by Gasteiger charge is 2.14. The van der Waals surface area contributed by atoms with Crippen LogP contribution in [0.25, 0.3) is 0 Å². The van der Waals surface area contributed by atoms with Gasteiger partial charge < -0.3 is 15.2 Å². The Bertz CT molecular complexity index is 337. The smallest absolute Gasteiger partial charge is 0.292 e. The first-order valence-corrected chi connectivity index (χ1v) is 5.51. The van der Waals surface area contributed by atoms with Crippen LogP contribution in [0.15, 0.2) is 4.52 Å². The maximum absolute atomic E-state index is 11.4. The highest BCUT2D eigenvalue weighted by Crippen LogP contribution is 2.01. The molecule has 0 aliphatic rings. The zero-order chi connectivity index (χ0) is 12.0. The van der Waals surface area contributed by atoms with E-state index in [0.717, 1.165) is 6.54 Å². The molecule has 0 aliphatic carbocycles. The summed E-state index contributed by atoms with van der Waals surface area (Å²) in [5, 5.41) is 9.47. The number of likely N-dealkylation sites (N-methyl/N-ethyl adjacent to an activating group) is 1. The highest BCUT2D eigenvalue weighted by molar-refractivity contribution is 5.90. The van der Waals surface area contributed by atoms with Crippen LogP contribution in [0.2, 0.25) is 0 Å². The Balaban J connectivity index is 2.54. The van der Waals surface area contributed by atoms with Crippen molar-refractivity contribution in [1.29, 1.82) is 0 Å². The Morgan fingerprint density at radius 3 is 2.81 bits per heavy atom. The molecule has 1 aromatic rings. The molecule has 0 aromatic carbocycles. The number of nitrogens with zero attached hydrogens (tertiary/aromatic N) is 2. The lowest BCUT2D eigenvalue weighted by Gasteiger charge is -2.07. The fourth-order valence-corrected chi connectivity index (χ4v) is 1.35. The number of amides is 1. The monoisotopic (exact) mass is 226 g/mol. The molecule has 0 fully saturated rings. The van der Waals surface area contributed by atoms with Gasteiger partial charge in [0, 0.05) is 19.0 Å². The molecular formula is C10H18N4O2. The van der Waals surface area contributed by atoms with E-state index >= 15 is 0 Å². The van der Waals surface area contributed by atoms with Crippen LogP contribution in [0.4, 0.5) is 0 Å². The first-order chi connectivity index (χ1) is 7.67. The number of rotatable bonds is 6. The molecule has 2 N–H and O–H groups in total. The van der Waals surface area contributed by atoms with Gasteiger partial charge in [-0.15, -0.1) is 0 Å². The van der Waals surface area contributed by atoms with Crippen molar-refractivity contribution in [3.8, 4) is 0 Å². The fraction of sp³-hybridized carbons (Fsp3) is 0.700. The molecule has 1 heterocycles. The molecule has 16 heavy (non-hydrogen) atoms. The summed E-state index contributed by atoms with van der Waals surface area (Å²) in [5.41, 5.74) is 0. The van der Waals surface area contributed by atoms with E-state index in [1.807, 2.05) is 20.8 Å². The molecule has 0 radical (unpaired) electrons. The average molecular weight is 226 g/mol. The molecule has 1 atom stereocenters. The van der Waals surface area contributed by atoms with Gasteiger partial charge >= 0.3 is 0 Å². The second kappa shape index (κ2) is 6.22. The summed E-state index contributed by atoms with van der Waals surface area (Å²) in [7, 11) is 0. The zero-order valence-electron chi connectivity index (χ0n) is 9.91.